The number of nitro benzene ring substituents is 1. The van der Waals surface area contributed by atoms with Crippen LogP contribution in [0, 0.1) is 21.4 Å². The van der Waals surface area contributed by atoms with Gasteiger partial charge in [-0.15, -0.1) is 0 Å². The van der Waals surface area contributed by atoms with Crippen LogP contribution in [0.4, 0.5) is 5.69 Å². The Morgan fingerprint density at radius 3 is 2.82 bits per heavy atom. The van der Waals surface area contributed by atoms with Gasteiger partial charge in [0, 0.05) is 23.4 Å². The minimum absolute atomic E-state index is 0.104. The largest absolute Gasteiger partial charge is 0.271 e. The second kappa shape index (κ2) is 6.25. The van der Waals surface area contributed by atoms with E-state index < -0.39 is 10.8 Å². The fourth-order valence-corrected chi connectivity index (χ4v) is 3.15. The average molecular weight is 303 g/mol. The number of carbonyl (C=O) groups is 1. The number of non-ortho nitro benzene ring substituents is 1. The van der Waals surface area contributed by atoms with E-state index in [1.165, 1.54) is 24.3 Å². The van der Waals surface area contributed by atoms with Crippen molar-refractivity contribution in [2.45, 2.75) is 40.0 Å². The van der Waals surface area contributed by atoms with Crippen molar-refractivity contribution in [3.05, 3.63) is 39.9 Å². The van der Waals surface area contributed by atoms with Gasteiger partial charge in [-0.05, 0) is 36.7 Å². The minimum Gasteiger partial charge on any atom is -0.267 e. The Morgan fingerprint density at radius 2 is 2.18 bits per heavy atom. The highest BCUT2D eigenvalue weighted by Gasteiger charge is 2.29. The van der Waals surface area contributed by atoms with Crippen LogP contribution in [-0.4, -0.2) is 16.5 Å². The average Bonchev–Trinajstić information content (AvgIpc) is 2.42. The van der Waals surface area contributed by atoms with Gasteiger partial charge in [-0.3, -0.25) is 14.9 Å². The Morgan fingerprint density at radius 1 is 1.45 bits per heavy atom. The summed E-state index contributed by atoms with van der Waals surface area (Å²) in [7, 11) is 0. The van der Waals surface area contributed by atoms with Gasteiger partial charge in [0.05, 0.1) is 4.92 Å². The summed E-state index contributed by atoms with van der Waals surface area (Å²) in [5, 5.41) is 15.0. The van der Waals surface area contributed by atoms with Gasteiger partial charge >= 0.3 is 0 Å². The number of hydrogen-bond acceptors (Lipinski definition) is 4. The first-order chi connectivity index (χ1) is 10.3. The molecule has 1 aliphatic carbocycles. The van der Waals surface area contributed by atoms with Crippen LogP contribution in [0.2, 0.25) is 0 Å². The van der Waals surface area contributed by atoms with Crippen molar-refractivity contribution in [3.8, 4) is 0 Å². The first-order valence-corrected chi connectivity index (χ1v) is 7.37. The molecule has 0 aliphatic heterocycles. The third-order valence-corrected chi connectivity index (χ3v) is 3.80. The summed E-state index contributed by atoms with van der Waals surface area (Å²) < 4.78 is 0. The number of benzene rings is 1. The SMILES string of the molecule is CC1CC(=NNC(=O)c2cccc([N+](=O)[O-])c2)CC(C)(C)C1. The summed E-state index contributed by atoms with van der Waals surface area (Å²) >= 11 is 0. The highest BCUT2D eigenvalue weighted by Crippen LogP contribution is 2.36. The third kappa shape index (κ3) is 4.13. The lowest BCUT2D eigenvalue weighted by Gasteiger charge is -2.34. The molecule has 1 aromatic rings. The second-order valence-corrected chi connectivity index (χ2v) is 6.78. The molecule has 1 amide bonds. The Hall–Kier alpha value is -2.24. The Balaban J connectivity index is 2.07. The molecule has 1 N–H and O–H groups in total. The molecule has 0 spiro atoms. The molecule has 1 unspecified atom stereocenters. The van der Waals surface area contributed by atoms with E-state index in [2.05, 4.69) is 31.3 Å². The van der Waals surface area contributed by atoms with Gasteiger partial charge in [0.1, 0.15) is 0 Å². The van der Waals surface area contributed by atoms with Gasteiger partial charge < -0.3 is 0 Å². The molecule has 6 nitrogen and oxygen atoms in total. The van der Waals surface area contributed by atoms with Crippen molar-refractivity contribution in [1.29, 1.82) is 0 Å². The third-order valence-electron chi connectivity index (χ3n) is 3.80. The van der Waals surface area contributed by atoms with Gasteiger partial charge in [-0.25, -0.2) is 5.43 Å². The zero-order valence-electron chi connectivity index (χ0n) is 13.1. The zero-order chi connectivity index (χ0) is 16.3. The van der Waals surface area contributed by atoms with Crippen LogP contribution >= 0.6 is 0 Å². The lowest BCUT2D eigenvalue weighted by molar-refractivity contribution is -0.384. The van der Waals surface area contributed by atoms with E-state index in [9.17, 15) is 14.9 Å². The normalized spacial score (nSPS) is 22.3. The maximum Gasteiger partial charge on any atom is 0.271 e. The molecule has 22 heavy (non-hydrogen) atoms. The maximum atomic E-state index is 12.1. The molecule has 0 aromatic heterocycles. The van der Waals surface area contributed by atoms with Crippen molar-refractivity contribution >= 4 is 17.3 Å². The number of hydrogen-bond donors (Lipinski definition) is 1. The molecule has 1 saturated carbocycles. The van der Waals surface area contributed by atoms with Crippen LogP contribution in [0.15, 0.2) is 29.4 Å². The molecule has 0 bridgehead atoms. The number of nitro groups is 1. The van der Waals surface area contributed by atoms with Gasteiger partial charge in [0.2, 0.25) is 0 Å². The van der Waals surface area contributed by atoms with Crippen LogP contribution in [0.5, 0.6) is 0 Å². The van der Waals surface area contributed by atoms with Crippen LogP contribution in [-0.2, 0) is 0 Å². The van der Waals surface area contributed by atoms with E-state index >= 15 is 0 Å². The quantitative estimate of drug-likeness (QED) is 0.684. The first-order valence-electron chi connectivity index (χ1n) is 7.37. The fourth-order valence-electron chi connectivity index (χ4n) is 3.15. The highest BCUT2D eigenvalue weighted by molar-refractivity contribution is 5.96. The first kappa shape index (κ1) is 16.1. The number of hydrazone groups is 1. The number of nitrogens with zero attached hydrogens (tertiary/aromatic N) is 2. The van der Waals surface area contributed by atoms with Crippen molar-refractivity contribution < 1.29 is 9.72 Å². The van der Waals surface area contributed by atoms with Crippen LogP contribution in [0.3, 0.4) is 0 Å². The Labute approximate surface area is 129 Å². The molecule has 6 heteroatoms. The molecule has 0 heterocycles. The highest BCUT2D eigenvalue weighted by atomic mass is 16.6. The van der Waals surface area contributed by atoms with Crippen molar-refractivity contribution in [3.63, 3.8) is 0 Å². The molecular formula is C16H21N3O3. The Kier molecular flexibility index (Phi) is 4.59. The van der Waals surface area contributed by atoms with Crippen molar-refractivity contribution in [2.75, 3.05) is 0 Å². The Bertz CT molecular complexity index is 623. The molecule has 0 radical (unpaired) electrons. The molecule has 1 aromatic carbocycles. The number of nitrogens with one attached hydrogen (secondary N) is 1. The summed E-state index contributed by atoms with van der Waals surface area (Å²) in [4.78, 5) is 22.3. The number of amides is 1. The van der Waals surface area contributed by atoms with E-state index in [0.29, 0.717) is 5.92 Å². The van der Waals surface area contributed by atoms with Crippen LogP contribution in [0.1, 0.15) is 50.4 Å². The van der Waals surface area contributed by atoms with Crippen molar-refractivity contribution in [2.24, 2.45) is 16.4 Å². The topological polar surface area (TPSA) is 84.6 Å². The summed E-state index contributed by atoms with van der Waals surface area (Å²) in [5.41, 5.74) is 3.82. The standard InChI is InChI=1S/C16H21N3O3/c1-11-7-13(10-16(2,3)9-11)17-18-15(20)12-5-4-6-14(8-12)19(21)22/h4-6,8,11H,7,9-10H2,1-3H3,(H,18,20). The van der Waals surface area contributed by atoms with Gasteiger partial charge in [-0.2, -0.15) is 5.10 Å². The predicted octanol–water partition coefficient (Wildman–Crippen LogP) is 3.53. The van der Waals surface area contributed by atoms with E-state index in [4.69, 9.17) is 0 Å². The minimum atomic E-state index is -0.520. The fraction of sp³-hybridized carbons (Fsp3) is 0.500. The summed E-state index contributed by atoms with van der Waals surface area (Å²) in [6.45, 7) is 6.57. The molecule has 118 valence electrons. The monoisotopic (exact) mass is 303 g/mol. The van der Waals surface area contributed by atoms with Gasteiger partial charge in [-0.1, -0.05) is 26.8 Å². The molecular weight excluding hydrogens is 282 g/mol. The smallest absolute Gasteiger partial charge is 0.267 e. The summed E-state index contributed by atoms with van der Waals surface area (Å²) in [5.74, 6) is 0.115. The lowest BCUT2D eigenvalue weighted by atomic mass is 9.72. The summed E-state index contributed by atoms with van der Waals surface area (Å²) in [6.07, 6.45) is 2.87. The van der Waals surface area contributed by atoms with Gasteiger partial charge in [0.15, 0.2) is 0 Å². The van der Waals surface area contributed by atoms with Crippen LogP contribution < -0.4 is 5.43 Å². The molecule has 2 rings (SSSR count). The van der Waals surface area contributed by atoms with Crippen molar-refractivity contribution in [1.82, 2.24) is 5.43 Å². The number of carbonyl (C=O) groups excluding carboxylic acids is 1. The zero-order valence-corrected chi connectivity index (χ0v) is 13.1. The second-order valence-electron chi connectivity index (χ2n) is 6.78. The van der Waals surface area contributed by atoms with E-state index in [0.717, 1.165) is 25.0 Å². The van der Waals surface area contributed by atoms with Gasteiger partial charge in [0.25, 0.3) is 11.6 Å². The van der Waals surface area contributed by atoms with E-state index in [1.807, 2.05) is 0 Å². The lowest BCUT2D eigenvalue weighted by Crippen LogP contribution is -2.30. The molecule has 1 fully saturated rings. The van der Waals surface area contributed by atoms with E-state index in [1.54, 1.807) is 0 Å². The van der Waals surface area contributed by atoms with Crippen LogP contribution in [0.25, 0.3) is 0 Å². The maximum absolute atomic E-state index is 12.1. The number of rotatable bonds is 3. The van der Waals surface area contributed by atoms with E-state index in [-0.39, 0.29) is 16.7 Å². The molecule has 1 atom stereocenters. The molecule has 1 aliphatic rings. The molecule has 0 saturated heterocycles. The summed E-state index contributed by atoms with van der Waals surface area (Å²) in [6, 6.07) is 5.64. The predicted molar refractivity (Wildman–Crippen MR) is 84.8 cm³/mol.